The molecular formula is C15H14FN3O3. The first kappa shape index (κ1) is 14.4. The van der Waals surface area contributed by atoms with E-state index in [1.165, 1.54) is 23.4 Å². The molecule has 0 bridgehead atoms. The maximum absolute atomic E-state index is 13.7. The molecule has 0 unspecified atom stereocenters. The summed E-state index contributed by atoms with van der Waals surface area (Å²) in [5.74, 6) is -2.66. The van der Waals surface area contributed by atoms with Crippen molar-refractivity contribution < 1.29 is 19.1 Å². The molecule has 1 aliphatic heterocycles. The van der Waals surface area contributed by atoms with Crippen molar-refractivity contribution in [2.24, 2.45) is 11.8 Å². The van der Waals surface area contributed by atoms with Crippen molar-refractivity contribution in [1.29, 1.82) is 0 Å². The van der Waals surface area contributed by atoms with Gasteiger partial charge in [-0.25, -0.2) is 4.39 Å². The van der Waals surface area contributed by atoms with Gasteiger partial charge in [0.25, 0.3) is 5.91 Å². The molecule has 1 amide bonds. The van der Waals surface area contributed by atoms with E-state index in [-0.39, 0.29) is 18.0 Å². The van der Waals surface area contributed by atoms with Gasteiger partial charge in [-0.15, -0.1) is 0 Å². The van der Waals surface area contributed by atoms with Crippen LogP contribution in [0.15, 0.2) is 24.5 Å². The molecule has 2 heterocycles. The van der Waals surface area contributed by atoms with Crippen LogP contribution in [-0.2, 0) is 4.79 Å². The van der Waals surface area contributed by atoms with Gasteiger partial charge in [0.15, 0.2) is 0 Å². The third kappa shape index (κ3) is 2.38. The van der Waals surface area contributed by atoms with E-state index >= 15 is 0 Å². The van der Waals surface area contributed by atoms with Crippen molar-refractivity contribution in [2.45, 2.75) is 6.92 Å². The van der Waals surface area contributed by atoms with E-state index in [1.807, 2.05) is 0 Å². The number of hydrogen-bond acceptors (Lipinski definition) is 4. The van der Waals surface area contributed by atoms with Crippen LogP contribution < -0.4 is 0 Å². The van der Waals surface area contributed by atoms with E-state index in [0.29, 0.717) is 17.6 Å². The molecule has 1 fully saturated rings. The molecule has 7 heteroatoms. The zero-order valence-electron chi connectivity index (χ0n) is 11.9. The summed E-state index contributed by atoms with van der Waals surface area (Å²) in [6.45, 7) is 2.23. The van der Waals surface area contributed by atoms with Crippen LogP contribution in [0.25, 0.3) is 11.0 Å². The lowest BCUT2D eigenvalue weighted by atomic mass is 9.99. The molecule has 1 aromatic carbocycles. The Balaban J connectivity index is 1.98. The summed E-state index contributed by atoms with van der Waals surface area (Å²) in [6.07, 6.45) is 2.86. The molecule has 2 aromatic rings. The summed E-state index contributed by atoms with van der Waals surface area (Å²) >= 11 is 0. The molecule has 1 aromatic heterocycles. The smallest absolute Gasteiger partial charge is 0.308 e. The number of benzene rings is 1. The lowest BCUT2D eigenvalue weighted by Gasteiger charge is -2.16. The molecule has 0 spiro atoms. The third-order valence-electron chi connectivity index (χ3n) is 3.99. The Kier molecular flexibility index (Phi) is 3.48. The van der Waals surface area contributed by atoms with Gasteiger partial charge in [-0.1, -0.05) is 6.92 Å². The SMILES string of the molecule is C[C@@H]1CN(C(=O)c2cc(F)cc3nccnc23)C[C@H]1C(=O)O. The number of carboxylic acids is 1. The van der Waals surface area contributed by atoms with Gasteiger partial charge in [-0.05, 0) is 12.0 Å². The van der Waals surface area contributed by atoms with E-state index < -0.39 is 23.6 Å². The summed E-state index contributed by atoms with van der Waals surface area (Å²) in [7, 11) is 0. The molecule has 2 atom stereocenters. The highest BCUT2D eigenvalue weighted by atomic mass is 19.1. The Bertz CT molecular complexity index is 765. The molecule has 0 saturated carbocycles. The first-order valence-electron chi connectivity index (χ1n) is 6.89. The van der Waals surface area contributed by atoms with Gasteiger partial charge in [0.1, 0.15) is 11.3 Å². The fourth-order valence-corrected chi connectivity index (χ4v) is 2.83. The number of likely N-dealkylation sites (tertiary alicyclic amines) is 1. The number of carbonyl (C=O) groups excluding carboxylic acids is 1. The molecule has 3 rings (SSSR count). The molecule has 0 aliphatic carbocycles. The topological polar surface area (TPSA) is 83.4 Å². The Labute approximate surface area is 125 Å². The number of amides is 1. The number of rotatable bonds is 2. The molecule has 1 N–H and O–H groups in total. The van der Waals surface area contributed by atoms with Crippen molar-refractivity contribution >= 4 is 22.9 Å². The van der Waals surface area contributed by atoms with E-state index in [2.05, 4.69) is 9.97 Å². The standard InChI is InChI=1S/C15H14FN3O3/c1-8-6-19(7-11(8)15(21)22)14(20)10-4-9(16)5-12-13(10)18-3-2-17-12/h2-5,8,11H,6-7H2,1H3,(H,21,22)/t8-,11-/m1/s1. The van der Waals surface area contributed by atoms with Crippen LogP contribution in [0.5, 0.6) is 0 Å². The molecule has 1 saturated heterocycles. The largest absolute Gasteiger partial charge is 0.481 e. The van der Waals surface area contributed by atoms with Gasteiger partial charge in [0.05, 0.1) is 17.0 Å². The maximum Gasteiger partial charge on any atom is 0.308 e. The number of hydrogen-bond donors (Lipinski definition) is 1. The zero-order chi connectivity index (χ0) is 15.9. The Hall–Kier alpha value is -2.57. The number of fused-ring (bicyclic) bond motifs is 1. The van der Waals surface area contributed by atoms with Gasteiger partial charge in [-0.2, -0.15) is 0 Å². The highest BCUT2D eigenvalue weighted by molar-refractivity contribution is 6.05. The number of halogens is 1. The number of carboxylic acid groups (broad SMARTS) is 1. The second-order valence-electron chi connectivity index (χ2n) is 5.51. The highest BCUT2D eigenvalue weighted by Gasteiger charge is 2.37. The minimum Gasteiger partial charge on any atom is -0.481 e. The molecule has 114 valence electrons. The number of nitrogens with zero attached hydrogens (tertiary/aromatic N) is 3. The van der Waals surface area contributed by atoms with Crippen LogP contribution in [0.3, 0.4) is 0 Å². The monoisotopic (exact) mass is 303 g/mol. The van der Waals surface area contributed by atoms with E-state index in [1.54, 1.807) is 6.92 Å². The van der Waals surface area contributed by atoms with Crippen LogP contribution in [0.1, 0.15) is 17.3 Å². The quantitative estimate of drug-likeness (QED) is 0.910. The summed E-state index contributed by atoms with van der Waals surface area (Å²) in [6, 6.07) is 2.34. The third-order valence-corrected chi connectivity index (χ3v) is 3.99. The lowest BCUT2D eigenvalue weighted by molar-refractivity contribution is -0.142. The summed E-state index contributed by atoms with van der Waals surface area (Å²) in [5.41, 5.74) is 0.731. The van der Waals surface area contributed by atoms with Gasteiger partial charge in [0.2, 0.25) is 0 Å². The summed E-state index contributed by atoms with van der Waals surface area (Å²) in [5, 5.41) is 9.15. The predicted octanol–water partition coefficient (Wildman–Crippen LogP) is 1.56. The van der Waals surface area contributed by atoms with Crippen LogP contribution in [0, 0.1) is 17.7 Å². The van der Waals surface area contributed by atoms with Crippen LogP contribution in [-0.4, -0.2) is 44.9 Å². The number of aromatic nitrogens is 2. The van der Waals surface area contributed by atoms with Crippen molar-refractivity contribution in [3.8, 4) is 0 Å². The summed E-state index contributed by atoms with van der Waals surface area (Å²) in [4.78, 5) is 33.3. The van der Waals surface area contributed by atoms with Crippen molar-refractivity contribution in [2.75, 3.05) is 13.1 Å². The van der Waals surface area contributed by atoms with Crippen LogP contribution >= 0.6 is 0 Å². The average molecular weight is 303 g/mol. The fraction of sp³-hybridized carbons (Fsp3) is 0.333. The minimum atomic E-state index is -0.924. The molecule has 22 heavy (non-hydrogen) atoms. The van der Waals surface area contributed by atoms with Crippen LogP contribution in [0.2, 0.25) is 0 Å². The van der Waals surface area contributed by atoms with E-state index in [9.17, 15) is 14.0 Å². The Morgan fingerprint density at radius 3 is 2.68 bits per heavy atom. The Morgan fingerprint density at radius 2 is 2.00 bits per heavy atom. The van der Waals surface area contributed by atoms with E-state index in [0.717, 1.165) is 6.07 Å². The molecular weight excluding hydrogens is 289 g/mol. The predicted molar refractivity (Wildman–Crippen MR) is 75.7 cm³/mol. The van der Waals surface area contributed by atoms with Crippen LogP contribution in [0.4, 0.5) is 4.39 Å². The van der Waals surface area contributed by atoms with Crippen molar-refractivity contribution in [1.82, 2.24) is 14.9 Å². The number of carbonyl (C=O) groups is 2. The average Bonchev–Trinajstić information content (AvgIpc) is 2.87. The van der Waals surface area contributed by atoms with Gasteiger partial charge in [0, 0.05) is 31.5 Å². The second kappa shape index (κ2) is 5.32. The zero-order valence-corrected chi connectivity index (χ0v) is 11.9. The first-order valence-corrected chi connectivity index (χ1v) is 6.89. The highest BCUT2D eigenvalue weighted by Crippen LogP contribution is 2.26. The summed E-state index contributed by atoms with van der Waals surface area (Å²) < 4.78 is 13.7. The molecule has 6 nitrogen and oxygen atoms in total. The van der Waals surface area contributed by atoms with Crippen molar-refractivity contribution in [3.63, 3.8) is 0 Å². The first-order chi connectivity index (χ1) is 10.5. The lowest BCUT2D eigenvalue weighted by Crippen LogP contribution is -2.30. The fourth-order valence-electron chi connectivity index (χ4n) is 2.83. The van der Waals surface area contributed by atoms with Crippen molar-refractivity contribution in [3.05, 3.63) is 35.9 Å². The number of aliphatic carboxylic acids is 1. The van der Waals surface area contributed by atoms with Gasteiger partial charge < -0.3 is 10.0 Å². The molecule has 0 radical (unpaired) electrons. The normalized spacial score (nSPS) is 21.3. The second-order valence-corrected chi connectivity index (χ2v) is 5.51. The molecule has 1 aliphatic rings. The van der Waals surface area contributed by atoms with Gasteiger partial charge >= 0.3 is 5.97 Å². The minimum absolute atomic E-state index is 0.112. The van der Waals surface area contributed by atoms with E-state index in [4.69, 9.17) is 5.11 Å². The Morgan fingerprint density at radius 1 is 1.27 bits per heavy atom. The van der Waals surface area contributed by atoms with Gasteiger partial charge in [-0.3, -0.25) is 19.6 Å². The maximum atomic E-state index is 13.7.